The van der Waals surface area contributed by atoms with Crippen LogP contribution in [0.2, 0.25) is 0 Å². The van der Waals surface area contributed by atoms with Crippen LogP contribution in [0, 0.1) is 0 Å². The molecule has 0 saturated carbocycles. The number of nitrogens with zero attached hydrogens (tertiary/aromatic N) is 4. The Morgan fingerprint density at radius 3 is 1.58 bits per heavy atom. The Bertz CT molecular complexity index is 2810. The molecular weight excluding hydrogens is 665 g/mol. The van der Waals surface area contributed by atoms with Crippen molar-refractivity contribution in [2.75, 3.05) is 0 Å². The molecule has 4 aromatic heterocycles. The Balaban J connectivity index is 1.18. The molecule has 53 heavy (non-hydrogen) atoms. The van der Waals surface area contributed by atoms with Gasteiger partial charge in [0.2, 0.25) is 0 Å². The predicted octanol–water partition coefficient (Wildman–Crippen LogP) is 12.8. The summed E-state index contributed by atoms with van der Waals surface area (Å²) in [4.78, 5) is 19.9. The number of hydrogen-bond acceptors (Lipinski definition) is 5. The second-order valence-electron chi connectivity index (χ2n) is 13.1. The van der Waals surface area contributed by atoms with Crippen LogP contribution in [0.3, 0.4) is 0 Å². The maximum Gasteiger partial charge on any atom is 0.160 e. The van der Waals surface area contributed by atoms with E-state index in [1.54, 1.807) is 11.3 Å². The second kappa shape index (κ2) is 13.1. The molecule has 0 N–H and O–H groups in total. The second-order valence-corrected chi connectivity index (χ2v) is 14.1. The smallest absolute Gasteiger partial charge is 0.160 e. The molecule has 10 aromatic rings. The van der Waals surface area contributed by atoms with Crippen molar-refractivity contribution >= 4 is 42.4 Å². The van der Waals surface area contributed by atoms with Crippen molar-refractivity contribution in [2.24, 2.45) is 0 Å². The Morgan fingerprint density at radius 2 is 0.943 bits per heavy atom. The van der Waals surface area contributed by atoms with E-state index in [1.165, 1.54) is 15.5 Å². The molecule has 0 bridgehead atoms. The summed E-state index contributed by atoms with van der Waals surface area (Å²) in [5.41, 5.74) is 12.4. The molecule has 6 aromatic carbocycles. The average Bonchev–Trinajstić information content (AvgIpc) is 3.62. The summed E-state index contributed by atoms with van der Waals surface area (Å²) in [6.45, 7) is 0. The third-order valence-electron chi connectivity index (χ3n) is 9.81. The van der Waals surface area contributed by atoms with Crippen LogP contribution in [0.4, 0.5) is 0 Å². The third-order valence-corrected chi connectivity index (χ3v) is 11.0. The fraction of sp³-hybridized carbons (Fsp3) is 0. The van der Waals surface area contributed by atoms with Crippen LogP contribution in [-0.2, 0) is 0 Å². The molecule has 0 aliphatic rings. The van der Waals surface area contributed by atoms with Crippen molar-refractivity contribution in [2.45, 2.75) is 0 Å². The summed E-state index contributed by atoms with van der Waals surface area (Å²) in [6.07, 6.45) is 3.66. The fourth-order valence-corrected chi connectivity index (χ4v) is 8.30. The van der Waals surface area contributed by atoms with Gasteiger partial charge in [-0.15, -0.1) is 11.3 Å². The summed E-state index contributed by atoms with van der Waals surface area (Å²) in [5, 5.41) is 3.50. The van der Waals surface area contributed by atoms with Gasteiger partial charge in [-0.05, 0) is 81.6 Å². The monoisotopic (exact) mass is 694 g/mol. The van der Waals surface area contributed by atoms with E-state index in [1.807, 2.05) is 48.8 Å². The molecule has 0 aliphatic carbocycles. The molecular formula is C48H30N4S. The van der Waals surface area contributed by atoms with Crippen LogP contribution >= 0.6 is 11.3 Å². The number of hydrogen-bond donors (Lipinski definition) is 0. The third kappa shape index (κ3) is 5.74. The van der Waals surface area contributed by atoms with E-state index in [0.717, 1.165) is 77.2 Å². The van der Waals surface area contributed by atoms with Gasteiger partial charge in [-0.2, -0.15) is 0 Å². The molecule has 0 radical (unpaired) electrons. The first-order valence-corrected chi connectivity index (χ1v) is 18.4. The number of benzene rings is 6. The zero-order chi connectivity index (χ0) is 35.1. The molecule has 4 nitrogen and oxygen atoms in total. The molecule has 248 valence electrons. The topological polar surface area (TPSA) is 51.6 Å². The minimum Gasteiger partial charge on any atom is -0.256 e. The maximum atomic E-state index is 5.45. The molecule has 0 amide bonds. The van der Waals surface area contributed by atoms with E-state index in [0.29, 0.717) is 5.82 Å². The summed E-state index contributed by atoms with van der Waals surface area (Å²) in [6, 6.07) is 59.5. The number of pyridine rings is 2. The van der Waals surface area contributed by atoms with Gasteiger partial charge >= 0.3 is 0 Å². The van der Waals surface area contributed by atoms with Gasteiger partial charge in [-0.3, -0.25) is 9.97 Å². The largest absolute Gasteiger partial charge is 0.256 e. The van der Waals surface area contributed by atoms with E-state index < -0.39 is 0 Å². The molecule has 5 heteroatoms. The molecule has 0 fully saturated rings. The zero-order valence-corrected chi connectivity index (χ0v) is 29.3. The van der Waals surface area contributed by atoms with Crippen molar-refractivity contribution in [1.29, 1.82) is 0 Å². The lowest BCUT2D eigenvalue weighted by molar-refractivity contribution is 1.24. The summed E-state index contributed by atoms with van der Waals surface area (Å²) < 4.78 is 2.30. The van der Waals surface area contributed by atoms with Gasteiger partial charge in [0.05, 0.1) is 27.3 Å². The normalized spacial score (nSPS) is 11.4. The molecule has 10 rings (SSSR count). The van der Waals surface area contributed by atoms with Crippen LogP contribution in [-0.4, -0.2) is 19.9 Å². The van der Waals surface area contributed by atoms with E-state index >= 15 is 0 Å². The highest BCUT2D eigenvalue weighted by Gasteiger charge is 2.19. The fourth-order valence-electron chi connectivity index (χ4n) is 7.16. The first kappa shape index (κ1) is 31.0. The summed E-state index contributed by atoms with van der Waals surface area (Å²) in [5.74, 6) is 0.697. The minimum absolute atomic E-state index is 0.697. The van der Waals surface area contributed by atoms with Gasteiger partial charge < -0.3 is 0 Å². The zero-order valence-electron chi connectivity index (χ0n) is 28.5. The van der Waals surface area contributed by atoms with Crippen LogP contribution < -0.4 is 0 Å². The van der Waals surface area contributed by atoms with E-state index in [2.05, 4.69) is 143 Å². The number of aromatic nitrogens is 4. The first-order chi connectivity index (χ1) is 26.2. The standard InChI is InChI=1S/C48H30N4S/c1-2-12-39-33(10-1)11-9-14-40(39)45-47-46(41-13-3-4-17-44(41)53-47)52-48(51-45)38-29-36(31-18-22-34(23-19-31)42-15-5-7-26-49-42)28-37(30-38)32-20-24-35(25-21-32)43-16-6-8-27-50-43/h1-30H. The average molecular weight is 695 g/mol. The highest BCUT2D eigenvalue weighted by molar-refractivity contribution is 7.26. The Kier molecular flexibility index (Phi) is 7.63. The highest BCUT2D eigenvalue weighted by atomic mass is 32.1. The van der Waals surface area contributed by atoms with Gasteiger partial charge in [0.25, 0.3) is 0 Å². The summed E-state index contributed by atoms with van der Waals surface area (Å²) in [7, 11) is 0. The van der Waals surface area contributed by atoms with Gasteiger partial charge in [-0.25, -0.2) is 9.97 Å². The van der Waals surface area contributed by atoms with Crippen molar-refractivity contribution in [3.63, 3.8) is 0 Å². The van der Waals surface area contributed by atoms with Crippen LogP contribution in [0.15, 0.2) is 182 Å². The number of rotatable bonds is 6. The van der Waals surface area contributed by atoms with Gasteiger partial charge in [0, 0.05) is 44.7 Å². The quantitative estimate of drug-likeness (QED) is 0.174. The van der Waals surface area contributed by atoms with Crippen LogP contribution in [0.1, 0.15) is 0 Å². The van der Waals surface area contributed by atoms with Gasteiger partial charge in [0.1, 0.15) is 0 Å². The number of fused-ring (bicyclic) bond motifs is 4. The van der Waals surface area contributed by atoms with Gasteiger partial charge in [0.15, 0.2) is 5.82 Å². The Morgan fingerprint density at radius 1 is 0.396 bits per heavy atom. The van der Waals surface area contributed by atoms with Gasteiger partial charge in [-0.1, -0.05) is 121 Å². The maximum absolute atomic E-state index is 5.45. The van der Waals surface area contributed by atoms with Crippen molar-refractivity contribution < 1.29 is 0 Å². The van der Waals surface area contributed by atoms with Crippen molar-refractivity contribution in [1.82, 2.24) is 19.9 Å². The molecule has 0 unspecified atom stereocenters. The Labute approximate surface area is 310 Å². The SMILES string of the molecule is c1ccc(-c2ccc(-c3cc(-c4ccc(-c5ccccn5)cc4)cc(-c4nc(-c5cccc6ccccc56)c5sc6ccccc6c5n4)c3)cc2)nc1. The van der Waals surface area contributed by atoms with E-state index in [-0.39, 0.29) is 0 Å². The lowest BCUT2D eigenvalue weighted by Crippen LogP contribution is -1.95. The summed E-state index contributed by atoms with van der Waals surface area (Å²) >= 11 is 1.76. The highest BCUT2D eigenvalue weighted by Crippen LogP contribution is 2.42. The lowest BCUT2D eigenvalue weighted by Gasteiger charge is -2.13. The van der Waals surface area contributed by atoms with E-state index in [9.17, 15) is 0 Å². The van der Waals surface area contributed by atoms with Crippen molar-refractivity contribution in [3.8, 4) is 67.4 Å². The first-order valence-electron chi connectivity index (χ1n) is 17.6. The van der Waals surface area contributed by atoms with Crippen LogP contribution in [0.5, 0.6) is 0 Å². The molecule has 0 spiro atoms. The molecule has 0 atom stereocenters. The minimum atomic E-state index is 0.697. The molecule has 4 heterocycles. The lowest BCUT2D eigenvalue weighted by atomic mass is 9.94. The molecule has 0 saturated heterocycles. The predicted molar refractivity (Wildman–Crippen MR) is 221 cm³/mol. The molecule has 0 aliphatic heterocycles. The Hall–Kier alpha value is -6.82. The number of thiophene rings is 1. The van der Waals surface area contributed by atoms with Crippen LogP contribution in [0.25, 0.3) is 98.5 Å². The van der Waals surface area contributed by atoms with E-state index in [4.69, 9.17) is 9.97 Å². The van der Waals surface area contributed by atoms with Crippen molar-refractivity contribution in [3.05, 3.63) is 182 Å².